The zero-order valence-corrected chi connectivity index (χ0v) is 12.4. The number of hydrogen-bond acceptors (Lipinski definition) is 3. The van der Waals surface area contributed by atoms with Crippen molar-refractivity contribution in [2.24, 2.45) is 0 Å². The molecule has 2 aliphatic rings. The molecule has 0 aromatic heterocycles. The van der Waals surface area contributed by atoms with Gasteiger partial charge in [-0.25, -0.2) is 0 Å². The smallest absolute Gasteiger partial charge is 0.240 e. The van der Waals surface area contributed by atoms with Gasteiger partial charge in [-0.1, -0.05) is 37.3 Å². The number of hydrogen-bond donors (Lipinski definition) is 2. The number of fused-ring (bicyclic) bond motifs is 1. The second-order valence-corrected chi connectivity index (χ2v) is 5.71. The first-order valence-corrected chi connectivity index (χ1v) is 7.51. The first kappa shape index (κ1) is 14.1. The van der Waals surface area contributed by atoms with Gasteiger partial charge in [-0.05, 0) is 18.4 Å². The molecule has 2 amide bonds. The topological polar surface area (TPSA) is 61.2 Å². The van der Waals surface area contributed by atoms with E-state index in [9.17, 15) is 9.59 Å². The summed E-state index contributed by atoms with van der Waals surface area (Å²) in [4.78, 5) is 26.5. The van der Waals surface area contributed by atoms with Crippen LogP contribution >= 0.6 is 0 Å². The third kappa shape index (κ3) is 2.42. The molecular formula is C16H21N3O2. The number of carbonyl (C=O) groups excluding carboxylic acids is 2. The van der Waals surface area contributed by atoms with Gasteiger partial charge in [0.05, 0.1) is 18.1 Å². The van der Waals surface area contributed by atoms with Crippen molar-refractivity contribution in [3.8, 4) is 0 Å². The van der Waals surface area contributed by atoms with Crippen LogP contribution in [0.3, 0.4) is 0 Å². The van der Waals surface area contributed by atoms with Gasteiger partial charge in [0.25, 0.3) is 0 Å². The first-order valence-electron chi connectivity index (χ1n) is 7.51. The molecule has 0 radical (unpaired) electrons. The maximum absolute atomic E-state index is 12.5. The number of likely N-dealkylation sites (N-methyl/N-ethyl adjacent to an activating group) is 1. The molecule has 2 fully saturated rings. The Kier molecular flexibility index (Phi) is 3.68. The third-order valence-electron chi connectivity index (χ3n) is 4.49. The molecule has 3 rings (SSSR count). The third-order valence-corrected chi connectivity index (χ3v) is 4.49. The van der Waals surface area contributed by atoms with Crippen LogP contribution in [-0.4, -0.2) is 47.9 Å². The summed E-state index contributed by atoms with van der Waals surface area (Å²) >= 11 is 0. The summed E-state index contributed by atoms with van der Waals surface area (Å²) in [6, 6.07) is 9.52. The zero-order chi connectivity index (χ0) is 15.0. The van der Waals surface area contributed by atoms with Crippen LogP contribution in [0.4, 0.5) is 0 Å². The van der Waals surface area contributed by atoms with Gasteiger partial charge in [0.2, 0.25) is 11.8 Å². The highest BCUT2D eigenvalue weighted by atomic mass is 16.2. The number of carbonyl (C=O) groups is 2. The Hall–Kier alpha value is -1.88. The highest BCUT2D eigenvalue weighted by molar-refractivity contribution is 5.92. The number of nitrogens with zero attached hydrogens (tertiary/aromatic N) is 1. The molecule has 2 N–H and O–H groups in total. The number of amides is 2. The lowest BCUT2D eigenvalue weighted by Gasteiger charge is -2.29. The molecule has 112 valence electrons. The van der Waals surface area contributed by atoms with E-state index in [1.807, 2.05) is 35.2 Å². The van der Waals surface area contributed by atoms with E-state index in [0.29, 0.717) is 6.42 Å². The lowest BCUT2D eigenvalue weighted by Crippen LogP contribution is -2.59. The molecule has 21 heavy (non-hydrogen) atoms. The molecule has 2 aliphatic heterocycles. The van der Waals surface area contributed by atoms with Crippen molar-refractivity contribution in [3.63, 3.8) is 0 Å². The van der Waals surface area contributed by atoms with Crippen molar-refractivity contribution in [3.05, 3.63) is 35.9 Å². The molecule has 5 nitrogen and oxygen atoms in total. The second kappa shape index (κ2) is 5.48. The minimum atomic E-state index is -0.317. The largest absolute Gasteiger partial charge is 0.358 e. The van der Waals surface area contributed by atoms with E-state index >= 15 is 0 Å². The van der Waals surface area contributed by atoms with Gasteiger partial charge in [-0.2, -0.15) is 0 Å². The summed E-state index contributed by atoms with van der Waals surface area (Å²) in [6.45, 7) is 2.06. The van der Waals surface area contributed by atoms with Crippen LogP contribution in [0.25, 0.3) is 0 Å². The Morgan fingerprint density at radius 2 is 2.05 bits per heavy atom. The van der Waals surface area contributed by atoms with Gasteiger partial charge in [0.1, 0.15) is 6.04 Å². The molecule has 4 unspecified atom stereocenters. The molecule has 0 aliphatic carbocycles. The molecule has 0 saturated carbocycles. The average Bonchev–Trinajstić information content (AvgIpc) is 3.25. The summed E-state index contributed by atoms with van der Waals surface area (Å²) in [6.07, 6.45) is 1.51. The zero-order valence-electron chi connectivity index (χ0n) is 12.4. The van der Waals surface area contributed by atoms with Crippen molar-refractivity contribution in [1.29, 1.82) is 0 Å². The second-order valence-electron chi connectivity index (χ2n) is 5.71. The lowest BCUT2D eigenvalue weighted by atomic mass is 10.0. The maximum atomic E-state index is 12.5. The predicted octanol–water partition coefficient (Wildman–Crippen LogP) is 0.305. The Balaban J connectivity index is 1.78. The summed E-state index contributed by atoms with van der Waals surface area (Å²) in [7, 11) is 1.64. The molecule has 2 saturated heterocycles. The highest BCUT2D eigenvalue weighted by Gasteiger charge is 2.60. The van der Waals surface area contributed by atoms with E-state index < -0.39 is 0 Å². The van der Waals surface area contributed by atoms with Crippen molar-refractivity contribution in [2.75, 3.05) is 7.05 Å². The van der Waals surface area contributed by atoms with Crippen LogP contribution < -0.4 is 10.6 Å². The van der Waals surface area contributed by atoms with Gasteiger partial charge < -0.3 is 10.2 Å². The number of piperazine rings is 1. The van der Waals surface area contributed by atoms with E-state index in [0.717, 1.165) is 12.0 Å². The normalized spacial score (nSPS) is 30.8. The van der Waals surface area contributed by atoms with Crippen molar-refractivity contribution in [2.45, 2.75) is 43.9 Å². The summed E-state index contributed by atoms with van der Waals surface area (Å²) in [5.74, 6) is 0.0855. The summed E-state index contributed by atoms with van der Waals surface area (Å²) in [5, 5.41) is 5.95. The molecule has 2 heterocycles. The fraction of sp³-hybridized carbons (Fsp3) is 0.500. The molecular weight excluding hydrogens is 266 g/mol. The SMILES string of the molecule is CCC1C2C(C(=O)NC)NC(Cc3ccccc3)C(=O)N12. The molecule has 5 heteroatoms. The fourth-order valence-corrected chi connectivity index (χ4v) is 3.38. The van der Waals surface area contributed by atoms with Crippen LogP contribution in [0.2, 0.25) is 0 Å². The van der Waals surface area contributed by atoms with Gasteiger partial charge in [-0.3, -0.25) is 14.9 Å². The van der Waals surface area contributed by atoms with Crippen LogP contribution in [-0.2, 0) is 16.0 Å². The molecule has 4 atom stereocenters. The van der Waals surface area contributed by atoms with Crippen LogP contribution in [0.15, 0.2) is 30.3 Å². The van der Waals surface area contributed by atoms with Crippen molar-refractivity contribution in [1.82, 2.24) is 15.5 Å². The minimum absolute atomic E-state index is 0.0227. The standard InChI is InChI=1S/C16H21N3O2/c1-3-12-14-13(15(20)17-2)18-11(16(21)19(12)14)9-10-7-5-4-6-8-10/h4-8,11-14,18H,3,9H2,1-2H3,(H,17,20). The quantitative estimate of drug-likeness (QED) is 0.783. The highest BCUT2D eigenvalue weighted by Crippen LogP contribution is 2.38. The van der Waals surface area contributed by atoms with Crippen LogP contribution in [0.1, 0.15) is 18.9 Å². The Bertz CT molecular complexity index is 546. The van der Waals surface area contributed by atoms with Crippen molar-refractivity contribution < 1.29 is 9.59 Å². The lowest BCUT2D eigenvalue weighted by molar-refractivity contribution is -0.133. The van der Waals surface area contributed by atoms with Crippen molar-refractivity contribution >= 4 is 11.8 Å². The molecule has 0 spiro atoms. The fourth-order valence-electron chi connectivity index (χ4n) is 3.38. The number of rotatable bonds is 4. The van der Waals surface area contributed by atoms with Crippen LogP contribution in [0.5, 0.6) is 0 Å². The van der Waals surface area contributed by atoms with E-state index in [4.69, 9.17) is 0 Å². The van der Waals surface area contributed by atoms with E-state index in [1.54, 1.807) is 7.05 Å². The predicted molar refractivity (Wildman–Crippen MR) is 79.6 cm³/mol. The van der Waals surface area contributed by atoms with E-state index in [2.05, 4.69) is 17.6 Å². The molecule has 0 bridgehead atoms. The average molecular weight is 287 g/mol. The van der Waals surface area contributed by atoms with Gasteiger partial charge in [0, 0.05) is 7.05 Å². The molecule has 1 aromatic carbocycles. The van der Waals surface area contributed by atoms with E-state index in [1.165, 1.54) is 0 Å². The Morgan fingerprint density at radius 3 is 2.67 bits per heavy atom. The van der Waals surface area contributed by atoms with E-state index in [-0.39, 0.29) is 36.0 Å². The van der Waals surface area contributed by atoms with Gasteiger partial charge in [-0.15, -0.1) is 0 Å². The Morgan fingerprint density at radius 1 is 1.33 bits per heavy atom. The van der Waals surface area contributed by atoms with Gasteiger partial charge >= 0.3 is 0 Å². The maximum Gasteiger partial charge on any atom is 0.240 e. The number of benzene rings is 1. The monoisotopic (exact) mass is 287 g/mol. The van der Waals surface area contributed by atoms with Crippen LogP contribution in [0, 0.1) is 0 Å². The minimum Gasteiger partial charge on any atom is -0.358 e. The molecule has 1 aromatic rings. The Labute approximate surface area is 124 Å². The number of nitrogens with one attached hydrogen (secondary N) is 2. The van der Waals surface area contributed by atoms with Gasteiger partial charge in [0.15, 0.2) is 0 Å². The summed E-state index contributed by atoms with van der Waals surface area (Å²) in [5.41, 5.74) is 1.10. The first-order chi connectivity index (χ1) is 10.2. The summed E-state index contributed by atoms with van der Waals surface area (Å²) < 4.78 is 0.